The summed E-state index contributed by atoms with van der Waals surface area (Å²) in [4.78, 5) is 31.7. The molecule has 80 valence electrons. The number of carbonyl (C=O) groups excluding carboxylic acids is 2. The Bertz CT molecular complexity index is 388. The van der Waals surface area contributed by atoms with Crippen LogP contribution >= 0.6 is 11.6 Å². The van der Waals surface area contributed by atoms with Gasteiger partial charge in [0.2, 0.25) is 0 Å². The number of rotatable bonds is 1. The van der Waals surface area contributed by atoms with Gasteiger partial charge >= 0.3 is 17.9 Å². The molecule has 0 spiro atoms. The first-order valence-electron chi connectivity index (χ1n) is 4.32. The number of alkyl halides is 1. The zero-order valence-corrected chi connectivity index (χ0v) is 8.23. The van der Waals surface area contributed by atoms with Crippen molar-refractivity contribution in [2.24, 2.45) is 11.8 Å². The lowest BCUT2D eigenvalue weighted by atomic mass is 9.80. The molecule has 1 heterocycles. The van der Waals surface area contributed by atoms with E-state index in [1.807, 2.05) is 0 Å². The molecular formula is C9H7ClO5. The number of esters is 2. The van der Waals surface area contributed by atoms with E-state index < -0.39 is 34.6 Å². The van der Waals surface area contributed by atoms with Gasteiger partial charge in [-0.05, 0) is 6.42 Å². The Kier molecular flexibility index (Phi) is 2.08. The first kappa shape index (κ1) is 10.2. The van der Waals surface area contributed by atoms with Gasteiger partial charge in [-0.2, -0.15) is 0 Å². The van der Waals surface area contributed by atoms with Gasteiger partial charge < -0.3 is 9.84 Å². The maximum atomic E-state index is 11.2. The maximum Gasteiger partial charge on any atom is 0.339 e. The van der Waals surface area contributed by atoms with Crippen LogP contribution in [0.5, 0.6) is 0 Å². The fourth-order valence-corrected chi connectivity index (χ4v) is 2.07. The topological polar surface area (TPSA) is 80.7 Å². The molecule has 15 heavy (non-hydrogen) atoms. The molecule has 0 radical (unpaired) electrons. The van der Waals surface area contributed by atoms with Gasteiger partial charge in [0, 0.05) is 0 Å². The van der Waals surface area contributed by atoms with Crippen molar-refractivity contribution < 1.29 is 24.2 Å². The first-order chi connectivity index (χ1) is 6.95. The van der Waals surface area contributed by atoms with E-state index in [9.17, 15) is 14.4 Å². The minimum Gasteiger partial charge on any atom is -0.481 e. The highest BCUT2D eigenvalue weighted by Crippen LogP contribution is 2.43. The second-order valence-corrected chi connectivity index (χ2v) is 4.19. The summed E-state index contributed by atoms with van der Waals surface area (Å²) in [5.41, 5.74) is 0. The van der Waals surface area contributed by atoms with Crippen LogP contribution in [0.2, 0.25) is 0 Å². The molecule has 0 aromatic carbocycles. The molecule has 1 fully saturated rings. The second kappa shape index (κ2) is 3.06. The number of hydrogen-bond donors (Lipinski definition) is 1. The first-order valence-corrected chi connectivity index (χ1v) is 4.70. The summed E-state index contributed by atoms with van der Waals surface area (Å²) in [5.74, 6) is -4.29. The summed E-state index contributed by atoms with van der Waals surface area (Å²) in [5, 5.41) is 8.76. The van der Waals surface area contributed by atoms with Crippen LogP contribution in [0.25, 0.3) is 0 Å². The molecule has 3 atom stereocenters. The van der Waals surface area contributed by atoms with E-state index in [-0.39, 0.29) is 6.42 Å². The van der Waals surface area contributed by atoms with Crippen molar-refractivity contribution in [2.75, 3.05) is 0 Å². The third-order valence-electron chi connectivity index (χ3n) is 2.68. The molecule has 0 aromatic heterocycles. The fraction of sp³-hybridized carbons (Fsp3) is 0.444. The minimum absolute atomic E-state index is 0.0000926. The SMILES string of the molecule is O=C(O)C1C=CC2(Cl)C(=O)OC(=O)C2C1. The number of fused-ring (bicyclic) bond motifs is 1. The lowest BCUT2D eigenvalue weighted by Gasteiger charge is -2.25. The van der Waals surface area contributed by atoms with Crippen LogP contribution in [0, 0.1) is 11.8 Å². The molecule has 1 aliphatic heterocycles. The van der Waals surface area contributed by atoms with Gasteiger partial charge in [-0.15, -0.1) is 11.6 Å². The van der Waals surface area contributed by atoms with Gasteiger partial charge in [-0.25, -0.2) is 4.79 Å². The van der Waals surface area contributed by atoms with Crippen LogP contribution < -0.4 is 0 Å². The number of aliphatic carboxylic acids is 1. The third kappa shape index (κ3) is 1.34. The van der Waals surface area contributed by atoms with E-state index in [0.29, 0.717) is 0 Å². The molecule has 1 saturated heterocycles. The predicted octanol–water partition coefficient (Wildman–Crippen LogP) is 0.324. The Balaban J connectivity index is 2.36. The van der Waals surface area contributed by atoms with Gasteiger partial charge in [0.15, 0.2) is 4.87 Å². The highest BCUT2D eigenvalue weighted by molar-refractivity contribution is 6.39. The Labute approximate surface area is 89.7 Å². The molecule has 6 heteroatoms. The van der Waals surface area contributed by atoms with Crippen LogP contribution in [0.4, 0.5) is 0 Å². The van der Waals surface area contributed by atoms with Crippen LogP contribution in [-0.2, 0) is 19.1 Å². The van der Waals surface area contributed by atoms with E-state index >= 15 is 0 Å². The van der Waals surface area contributed by atoms with Gasteiger partial charge in [0.1, 0.15) is 0 Å². The summed E-state index contributed by atoms with van der Waals surface area (Å²) in [6, 6.07) is 0. The zero-order valence-electron chi connectivity index (χ0n) is 7.47. The number of carboxylic acids is 1. The molecule has 1 aliphatic carbocycles. The molecule has 3 unspecified atom stereocenters. The largest absolute Gasteiger partial charge is 0.481 e. The average Bonchev–Trinajstić information content (AvgIpc) is 2.38. The predicted molar refractivity (Wildman–Crippen MR) is 48.1 cm³/mol. The quantitative estimate of drug-likeness (QED) is 0.304. The number of ether oxygens (including phenoxy) is 1. The molecular weight excluding hydrogens is 224 g/mol. The molecule has 1 N–H and O–H groups in total. The lowest BCUT2D eigenvalue weighted by Crippen LogP contribution is -2.38. The number of hydrogen-bond acceptors (Lipinski definition) is 4. The summed E-state index contributed by atoms with van der Waals surface area (Å²) < 4.78 is 4.39. The highest BCUT2D eigenvalue weighted by Gasteiger charge is 2.57. The van der Waals surface area contributed by atoms with Crippen molar-refractivity contribution in [2.45, 2.75) is 11.3 Å². The van der Waals surface area contributed by atoms with E-state index in [1.54, 1.807) is 0 Å². The average molecular weight is 231 g/mol. The van der Waals surface area contributed by atoms with Crippen LogP contribution in [-0.4, -0.2) is 27.9 Å². The van der Waals surface area contributed by atoms with Crippen LogP contribution in [0.3, 0.4) is 0 Å². The number of carboxylic acid groups (broad SMARTS) is 1. The number of halogens is 1. The van der Waals surface area contributed by atoms with Gasteiger partial charge in [0.05, 0.1) is 11.8 Å². The van der Waals surface area contributed by atoms with Crippen molar-refractivity contribution in [3.63, 3.8) is 0 Å². The standard InChI is InChI=1S/C9H7ClO5/c10-9-2-1-4(6(11)12)3-5(9)7(13)15-8(9)14/h1-2,4-5H,3H2,(H,11,12). The van der Waals surface area contributed by atoms with Crippen molar-refractivity contribution >= 4 is 29.5 Å². The zero-order chi connectivity index (χ0) is 11.2. The van der Waals surface area contributed by atoms with E-state index in [1.165, 1.54) is 12.2 Å². The smallest absolute Gasteiger partial charge is 0.339 e. The Morgan fingerprint density at radius 3 is 2.87 bits per heavy atom. The van der Waals surface area contributed by atoms with Gasteiger partial charge in [0.25, 0.3) is 0 Å². The van der Waals surface area contributed by atoms with Crippen molar-refractivity contribution in [1.82, 2.24) is 0 Å². The third-order valence-corrected chi connectivity index (χ3v) is 3.22. The van der Waals surface area contributed by atoms with Gasteiger partial charge in [-0.3, -0.25) is 9.59 Å². The maximum absolute atomic E-state index is 11.2. The molecule has 0 saturated carbocycles. The molecule has 0 bridgehead atoms. The van der Waals surface area contributed by atoms with E-state index in [2.05, 4.69) is 4.74 Å². The highest BCUT2D eigenvalue weighted by atomic mass is 35.5. The van der Waals surface area contributed by atoms with Crippen molar-refractivity contribution in [3.8, 4) is 0 Å². The van der Waals surface area contributed by atoms with E-state index in [4.69, 9.17) is 16.7 Å². The van der Waals surface area contributed by atoms with Crippen LogP contribution in [0.1, 0.15) is 6.42 Å². The minimum atomic E-state index is -1.50. The normalized spacial score (nSPS) is 38.7. The Morgan fingerprint density at radius 1 is 1.60 bits per heavy atom. The van der Waals surface area contributed by atoms with Gasteiger partial charge in [-0.1, -0.05) is 12.2 Å². The monoisotopic (exact) mass is 230 g/mol. The second-order valence-electron chi connectivity index (χ2n) is 3.57. The summed E-state index contributed by atoms with van der Waals surface area (Å²) in [7, 11) is 0. The van der Waals surface area contributed by atoms with Crippen molar-refractivity contribution in [1.29, 1.82) is 0 Å². The Hall–Kier alpha value is -1.36. The Morgan fingerprint density at radius 2 is 2.27 bits per heavy atom. The molecule has 0 aromatic rings. The summed E-state index contributed by atoms with van der Waals surface area (Å²) >= 11 is 5.91. The number of cyclic esters (lactones) is 2. The molecule has 0 amide bonds. The summed E-state index contributed by atoms with van der Waals surface area (Å²) in [6.07, 6.45) is 2.57. The van der Waals surface area contributed by atoms with E-state index in [0.717, 1.165) is 0 Å². The molecule has 2 rings (SSSR count). The van der Waals surface area contributed by atoms with Crippen molar-refractivity contribution in [3.05, 3.63) is 12.2 Å². The molecule has 2 aliphatic rings. The molecule has 5 nitrogen and oxygen atoms in total. The lowest BCUT2D eigenvalue weighted by molar-refractivity contribution is -0.153. The number of carbonyl (C=O) groups is 3. The fourth-order valence-electron chi connectivity index (χ4n) is 1.78. The summed E-state index contributed by atoms with van der Waals surface area (Å²) in [6.45, 7) is 0. The van der Waals surface area contributed by atoms with Crippen LogP contribution in [0.15, 0.2) is 12.2 Å².